The van der Waals surface area contributed by atoms with Crippen LogP contribution in [-0.2, 0) is 16.3 Å². The summed E-state index contributed by atoms with van der Waals surface area (Å²) in [6.07, 6.45) is 2.62. The molecule has 0 spiro atoms. The van der Waals surface area contributed by atoms with Crippen molar-refractivity contribution in [2.75, 3.05) is 44.2 Å². The Balaban J connectivity index is 1.34. The van der Waals surface area contributed by atoms with Gasteiger partial charge in [-0.2, -0.15) is 0 Å². The number of nitrogens with one attached hydrogen (secondary N) is 1. The highest BCUT2D eigenvalue weighted by molar-refractivity contribution is 7.91. The van der Waals surface area contributed by atoms with E-state index in [1.807, 2.05) is 23.1 Å². The zero-order valence-electron chi connectivity index (χ0n) is 14.6. The van der Waals surface area contributed by atoms with Crippen LogP contribution in [0, 0.1) is 0 Å². The quantitative estimate of drug-likeness (QED) is 0.795. The zero-order chi connectivity index (χ0) is 17.7. The molecule has 1 N–H and O–H groups in total. The van der Waals surface area contributed by atoms with Crippen LogP contribution in [0.15, 0.2) is 30.3 Å². The van der Waals surface area contributed by atoms with Gasteiger partial charge in [0.25, 0.3) is 0 Å². The van der Waals surface area contributed by atoms with Gasteiger partial charge in [0.1, 0.15) is 0 Å². The van der Waals surface area contributed by atoms with Crippen LogP contribution in [0.1, 0.15) is 18.4 Å². The van der Waals surface area contributed by atoms with Crippen LogP contribution in [0.5, 0.6) is 0 Å². The van der Waals surface area contributed by atoms with Crippen molar-refractivity contribution in [1.29, 1.82) is 0 Å². The van der Waals surface area contributed by atoms with Gasteiger partial charge in [-0.25, -0.2) is 13.2 Å². The molecule has 2 saturated heterocycles. The van der Waals surface area contributed by atoms with Crippen molar-refractivity contribution in [3.63, 3.8) is 0 Å². The Bertz CT molecular complexity index is 670. The van der Waals surface area contributed by atoms with E-state index < -0.39 is 9.84 Å². The first-order chi connectivity index (χ1) is 12.0. The van der Waals surface area contributed by atoms with Crippen LogP contribution in [0.2, 0.25) is 0 Å². The summed E-state index contributed by atoms with van der Waals surface area (Å²) in [7, 11) is -2.85. The first kappa shape index (κ1) is 18.2. The minimum atomic E-state index is -2.85. The first-order valence-electron chi connectivity index (χ1n) is 9.05. The maximum Gasteiger partial charge on any atom is 0.317 e. The molecule has 0 aromatic heterocycles. The number of piperazine rings is 1. The van der Waals surface area contributed by atoms with E-state index in [1.165, 1.54) is 5.56 Å². The van der Waals surface area contributed by atoms with Crippen LogP contribution < -0.4 is 5.32 Å². The van der Waals surface area contributed by atoms with E-state index in [0.717, 1.165) is 32.4 Å². The van der Waals surface area contributed by atoms with Crippen LogP contribution in [0.4, 0.5) is 4.79 Å². The summed E-state index contributed by atoms with van der Waals surface area (Å²) >= 11 is 0. The molecule has 25 heavy (non-hydrogen) atoms. The van der Waals surface area contributed by atoms with E-state index in [4.69, 9.17) is 0 Å². The number of hydrogen-bond acceptors (Lipinski definition) is 4. The summed E-state index contributed by atoms with van der Waals surface area (Å²) in [5, 5.41) is 2.99. The molecule has 6 nitrogen and oxygen atoms in total. The molecule has 2 fully saturated rings. The lowest BCUT2D eigenvalue weighted by atomic mass is 10.1. The number of hydrogen-bond donors (Lipinski definition) is 1. The maximum absolute atomic E-state index is 12.2. The van der Waals surface area contributed by atoms with Crippen molar-refractivity contribution in [3.05, 3.63) is 35.9 Å². The Morgan fingerprint density at radius 3 is 2.48 bits per heavy atom. The Hall–Kier alpha value is -1.60. The van der Waals surface area contributed by atoms with Gasteiger partial charge in [-0.15, -0.1) is 0 Å². The average molecular weight is 365 g/mol. The van der Waals surface area contributed by atoms with Crippen LogP contribution >= 0.6 is 0 Å². The number of aryl methyl sites for hydroxylation is 1. The number of benzene rings is 1. The molecule has 3 rings (SSSR count). The van der Waals surface area contributed by atoms with Gasteiger partial charge in [-0.05, 0) is 24.8 Å². The molecule has 0 saturated carbocycles. The molecule has 1 unspecified atom stereocenters. The van der Waals surface area contributed by atoms with Crippen molar-refractivity contribution >= 4 is 15.9 Å². The molecule has 1 atom stereocenters. The number of nitrogens with zero attached hydrogens (tertiary/aromatic N) is 2. The molecular formula is C18H27N3O3S. The molecule has 0 bridgehead atoms. The lowest BCUT2D eigenvalue weighted by molar-refractivity contribution is 0.116. The highest BCUT2D eigenvalue weighted by Gasteiger charge is 2.34. The van der Waals surface area contributed by atoms with Gasteiger partial charge >= 0.3 is 6.03 Å². The second-order valence-electron chi connectivity index (χ2n) is 6.90. The fourth-order valence-corrected chi connectivity index (χ4v) is 5.36. The van der Waals surface area contributed by atoms with Crippen molar-refractivity contribution in [1.82, 2.24) is 15.1 Å². The molecule has 1 aromatic carbocycles. The third-order valence-corrected chi connectivity index (χ3v) is 6.84. The van der Waals surface area contributed by atoms with Gasteiger partial charge in [0.15, 0.2) is 9.84 Å². The Labute approximate surface area is 150 Å². The minimum Gasteiger partial charge on any atom is -0.338 e. The summed E-state index contributed by atoms with van der Waals surface area (Å²) in [6, 6.07) is 10.4. The normalized spacial score (nSPS) is 23.5. The van der Waals surface area contributed by atoms with Crippen LogP contribution in [-0.4, -0.2) is 74.5 Å². The second-order valence-corrected chi connectivity index (χ2v) is 9.13. The van der Waals surface area contributed by atoms with E-state index in [1.54, 1.807) is 0 Å². The Morgan fingerprint density at radius 1 is 1.12 bits per heavy atom. The largest absolute Gasteiger partial charge is 0.338 e. The fourth-order valence-electron chi connectivity index (χ4n) is 3.60. The number of carbonyl (C=O) groups is 1. The van der Waals surface area contributed by atoms with Crippen LogP contribution in [0.3, 0.4) is 0 Å². The van der Waals surface area contributed by atoms with Crippen molar-refractivity contribution in [2.24, 2.45) is 0 Å². The third-order valence-electron chi connectivity index (χ3n) is 5.09. The predicted octanol–water partition coefficient (Wildman–Crippen LogP) is 1.13. The smallest absolute Gasteiger partial charge is 0.317 e. The van der Waals surface area contributed by atoms with E-state index in [2.05, 4.69) is 22.3 Å². The number of carbonyl (C=O) groups excluding carboxylic acids is 1. The number of sulfone groups is 1. The SMILES string of the molecule is O=C(NCCCc1ccccc1)N1CCN(C2CCS(=O)(=O)C2)CC1. The van der Waals surface area contributed by atoms with E-state index in [9.17, 15) is 13.2 Å². The van der Waals surface area contributed by atoms with E-state index >= 15 is 0 Å². The monoisotopic (exact) mass is 365 g/mol. The van der Waals surface area contributed by atoms with Crippen molar-refractivity contribution in [3.8, 4) is 0 Å². The number of urea groups is 1. The highest BCUT2D eigenvalue weighted by atomic mass is 32.2. The minimum absolute atomic E-state index is 0.00763. The van der Waals surface area contributed by atoms with Crippen molar-refractivity contribution < 1.29 is 13.2 Å². The molecule has 2 aliphatic heterocycles. The Morgan fingerprint density at radius 2 is 1.84 bits per heavy atom. The zero-order valence-corrected chi connectivity index (χ0v) is 15.4. The molecule has 138 valence electrons. The first-order valence-corrected chi connectivity index (χ1v) is 10.9. The molecule has 0 aliphatic carbocycles. The standard InChI is InChI=1S/C18H27N3O3S/c22-18(19-9-4-7-16-5-2-1-3-6-16)21-12-10-20(11-13-21)17-8-14-25(23,24)15-17/h1-3,5-6,17H,4,7-15H2,(H,19,22). The van der Waals surface area contributed by atoms with Gasteiger partial charge in [0, 0.05) is 38.8 Å². The lowest BCUT2D eigenvalue weighted by Crippen LogP contribution is -2.54. The number of rotatable bonds is 5. The van der Waals surface area contributed by atoms with E-state index in [-0.39, 0.29) is 17.8 Å². The molecule has 0 radical (unpaired) electrons. The predicted molar refractivity (Wildman–Crippen MR) is 98.4 cm³/mol. The average Bonchev–Trinajstić information content (AvgIpc) is 2.99. The summed E-state index contributed by atoms with van der Waals surface area (Å²) in [6.45, 7) is 3.53. The third kappa shape index (κ3) is 5.19. The summed E-state index contributed by atoms with van der Waals surface area (Å²) in [5.74, 6) is 0.582. The Kier molecular flexibility index (Phi) is 5.96. The van der Waals surface area contributed by atoms with Gasteiger partial charge < -0.3 is 10.2 Å². The molecule has 7 heteroatoms. The second kappa shape index (κ2) is 8.19. The molecule has 2 heterocycles. The topological polar surface area (TPSA) is 69.7 Å². The van der Waals surface area contributed by atoms with E-state index in [0.29, 0.717) is 25.4 Å². The van der Waals surface area contributed by atoms with Crippen molar-refractivity contribution in [2.45, 2.75) is 25.3 Å². The van der Waals surface area contributed by atoms with Crippen LogP contribution in [0.25, 0.3) is 0 Å². The fraction of sp³-hybridized carbons (Fsp3) is 0.611. The summed E-state index contributed by atoms with van der Waals surface area (Å²) in [5.41, 5.74) is 1.29. The molecule has 1 aromatic rings. The maximum atomic E-state index is 12.2. The molecule has 2 amide bonds. The summed E-state index contributed by atoms with van der Waals surface area (Å²) in [4.78, 5) is 16.3. The van der Waals surface area contributed by atoms with Gasteiger partial charge in [-0.1, -0.05) is 30.3 Å². The lowest BCUT2D eigenvalue weighted by Gasteiger charge is -2.37. The molecule has 2 aliphatic rings. The number of amides is 2. The highest BCUT2D eigenvalue weighted by Crippen LogP contribution is 2.19. The molecular weight excluding hydrogens is 338 g/mol. The van der Waals surface area contributed by atoms with Gasteiger partial charge in [0.05, 0.1) is 11.5 Å². The van der Waals surface area contributed by atoms with Gasteiger partial charge in [-0.3, -0.25) is 4.90 Å². The van der Waals surface area contributed by atoms with Gasteiger partial charge in [0.2, 0.25) is 0 Å². The summed E-state index contributed by atoms with van der Waals surface area (Å²) < 4.78 is 23.2.